The van der Waals surface area contributed by atoms with Gasteiger partial charge in [0.05, 0.1) is 15.5 Å². The number of thiazole rings is 1. The largest absolute Gasteiger partial charge is 0.452 e. The number of carbonyl (C=O) groups is 1. The van der Waals surface area contributed by atoms with Gasteiger partial charge in [-0.1, -0.05) is 47.7 Å². The number of fused-ring (bicyclic) bond motifs is 1. The first kappa shape index (κ1) is 28.3. The Morgan fingerprint density at radius 3 is 2.45 bits per heavy atom. The molecule has 3 aromatic rings. The molecule has 1 fully saturated rings. The number of nitrogens with zero attached hydrogens (tertiary/aromatic N) is 4. The summed E-state index contributed by atoms with van der Waals surface area (Å²) in [6.45, 7) is 5.16. The van der Waals surface area contributed by atoms with Crippen LogP contribution in [-0.2, 0) is 29.3 Å². The third-order valence-electron chi connectivity index (χ3n) is 6.15. The van der Waals surface area contributed by atoms with Crippen LogP contribution in [0.2, 0.25) is 0 Å². The van der Waals surface area contributed by atoms with Crippen molar-refractivity contribution >= 4 is 58.5 Å². The van der Waals surface area contributed by atoms with Crippen LogP contribution in [0, 0.1) is 0 Å². The van der Waals surface area contributed by atoms with Crippen LogP contribution < -0.4 is 10.1 Å². The molecule has 12 nitrogen and oxygen atoms in total. The number of benzene rings is 2. The van der Waals surface area contributed by atoms with Crippen molar-refractivity contribution in [2.45, 2.75) is 37.9 Å². The van der Waals surface area contributed by atoms with E-state index in [9.17, 15) is 21.6 Å². The summed E-state index contributed by atoms with van der Waals surface area (Å²) in [6.07, 6.45) is -1.74. The van der Waals surface area contributed by atoms with E-state index in [1.54, 1.807) is 20.8 Å². The smallest absolute Gasteiger partial charge is 0.410 e. The Morgan fingerprint density at radius 2 is 1.80 bits per heavy atom. The third-order valence-corrected chi connectivity index (χ3v) is 9.87. The van der Waals surface area contributed by atoms with Gasteiger partial charge in [0.2, 0.25) is 27.3 Å². The molecule has 1 amide bonds. The number of anilines is 1. The number of sulfone groups is 1. The zero-order chi connectivity index (χ0) is 28.9. The van der Waals surface area contributed by atoms with Gasteiger partial charge in [0.25, 0.3) is 0 Å². The van der Waals surface area contributed by atoms with E-state index in [0.717, 1.165) is 15.8 Å². The van der Waals surface area contributed by atoms with Gasteiger partial charge in [0.1, 0.15) is 17.1 Å². The van der Waals surface area contributed by atoms with Crippen LogP contribution in [0.5, 0.6) is 0 Å². The maximum absolute atomic E-state index is 13.3. The van der Waals surface area contributed by atoms with Crippen LogP contribution in [-0.4, -0.2) is 80.4 Å². The Balaban J connectivity index is 1.37. The molecule has 40 heavy (non-hydrogen) atoms. The molecule has 0 spiro atoms. The summed E-state index contributed by atoms with van der Waals surface area (Å²) in [5.41, 5.74) is 1.98. The number of carbonyl (C=O) groups excluding carboxylic acids is 1. The van der Waals surface area contributed by atoms with Gasteiger partial charge < -0.3 is 14.4 Å². The lowest BCUT2D eigenvalue weighted by Crippen LogP contribution is -2.59. The Bertz CT molecular complexity index is 1680. The minimum atomic E-state index is -3.99. The summed E-state index contributed by atoms with van der Waals surface area (Å²) in [5.74, 6) is -1.42. The molecule has 214 valence electrons. The predicted molar refractivity (Wildman–Crippen MR) is 153 cm³/mol. The van der Waals surface area contributed by atoms with E-state index < -0.39 is 54.5 Å². The number of hydrazone groups is 1. The van der Waals surface area contributed by atoms with Gasteiger partial charge in [0.15, 0.2) is 9.84 Å². The lowest BCUT2D eigenvalue weighted by Gasteiger charge is -2.39. The summed E-state index contributed by atoms with van der Waals surface area (Å²) in [6, 6.07) is 15.6. The van der Waals surface area contributed by atoms with Crippen LogP contribution in [0.25, 0.3) is 21.3 Å². The summed E-state index contributed by atoms with van der Waals surface area (Å²) in [5, 5.41) is 10.2. The monoisotopic (exact) mass is 607 g/mol. The van der Waals surface area contributed by atoms with Crippen molar-refractivity contribution in [1.29, 1.82) is 0 Å². The van der Waals surface area contributed by atoms with Crippen LogP contribution >= 0.6 is 11.3 Å². The minimum absolute atomic E-state index is 0.0156. The second kappa shape index (κ2) is 10.3. The number of sulfonamides is 1. The molecule has 1 saturated heterocycles. The Labute approximate surface area is 236 Å². The standard InChI is InChI=1S/C25H29N5O7S3/c1-25(2,3)37-24(31)29-12-18(13-29)39(32,33)15-22-30(28-21(36-22)14-40(26,34)35)23-27-19-10-9-17(11-20(19)38-23)16-7-5-4-6-8-16/h4-11,18,22H,12-15H2,1-3H3,(H2,26,34,35). The fraction of sp³-hybridized carbons (Fsp3) is 0.400. The van der Waals surface area contributed by atoms with E-state index in [-0.39, 0.29) is 19.0 Å². The molecule has 2 aromatic carbocycles. The van der Waals surface area contributed by atoms with E-state index in [4.69, 9.17) is 14.6 Å². The van der Waals surface area contributed by atoms with Gasteiger partial charge in [-0.05, 0) is 44.0 Å². The van der Waals surface area contributed by atoms with Gasteiger partial charge in [-0.2, -0.15) is 5.01 Å². The molecule has 1 atom stereocenters. The zero-order valence-corrected chi connectivity index (χ0v) is 24.5. The molecule has 1 aromatic heterocycles. The average molecular weight is 608 g/mol. The second-order valence-corrected chi connectivity index (χ2v) is 15.5. The molecule has 15 heteroatoms. The summed E-state index contributed by atoms with van der Waals surface area (Å²) in [7, 11) is -7.78. The molecule has 0 saturated carbocycles. The maximum atomic E-state index is 13.3. The van der Waals surface area contributed by atoms with Crippen LogP contribution in [0.1, 0.15) is 20.8 Å². The number of hydrogen-bond donors (Lipinski definition) is 1. The lowest BCUT2D eigenvalue weighted by molar-refractivity contribution is 0.0138. The second-order valence-electron chi connectivity index (χ2n) is 10.6. The Morgan fingerprint density at radius 1 is 1.10 bits per heavy atom. The normalized spacial score (nSPS) is 18.4. The molecule has 2 aliphatic heterocycles. The minimum Gasteiger partial charge on any atom is -0.452 e. The van der Waals surface area contributed by atoms with Crippen LogP contribution in [0.3, 0.4) is 0 Å². The highest BCUT2D eigenvalue weighted by atomic mass is 32.2. The van der Waals surface area contributed by atoms with E-state index in [2.05, 4.69) is 10.1 Å². The predicted octanol–water partition coefficient (Wildman–Crippen LogP) is 2.76. The van der Waals surface area contributed by atoms with Crippen LogP contribution in [0.4, 0.5) is 9.93 Å². The first-order valence-electron chi connectivity index (χ1n) is 12.4. The lowest BCUT2D eigenvalue weighted by atomic mass is 10.1. The molecule has 3 heterocycles. The van der Waals surface area contributed by atoms with Crippen molar-refractivity contribution in [3.05, 3.63) is 48.5 Å². The first-order valence-corrected chi connectivity index (χ1v) is 16.6. The SMILES string of the molecule is CC(C)(C)OC(=O)N1CC(S(=O)(=O)CC2OC(CS(N)(=O)=O)=NN2c2nc3ccc(-c4ccccc4)cc3s2)C1. The topological polar surface area (TPSA) is 162 Å². The Hall–Kier alpha value is -3.27. The number of amides is 1. The fourth-order valence-electron chi connectivity index (χ4n) is 4.22. The average Bonchev–Trinajstić information content (AvgIpc) is 3.38. The molecule has 2 N–H and O–H groups in total. The van der Waals surface area contributed by atoms with Crippen molar-refractivity contribution in [1.82, 2.24) is 9.88 Å². The van der Waals surface area contributed by atoms with Gasteiger partial charge in [0, 0.05) is 13.1 Å². The number of aromatic nitrogens is 1. The highest BCUT2D eigenvalue weighted by Crippen LogP contribution is 2.35. The van der Waals surface area contributed by atoms with Gasteiger partial charge in [-0.25, -0.2) is 31.8 Å². The van der Waals surface area contributed by atoms with Gasteiger partial charge >= 0.3 is 6.09 Å². The highest BCUT2D eigenvalue weighted by molar-refractivity contribution is 7.92. The van der Waals surface area contributed by atoms with Gasteiger partial charge in [-0.15, -0.1) is 5.10 Å². The van der Waals surface area contributed by atoms with E-state index in [0.29, 0.717) is 10.6 Å². The van der Waals surface area contributed by atoms with Crippen LogP contribution in [0.15, 0.2) is 53.6 Å². The number of rotatable bonds is 7. The Kier molecular flexibility index (Phi) is 7.27. The summed E-state index contributed by atoms with van der Waals surface area (Å²) >= 11 is 1.27. The molecular formula is C25H29N5O7S3. The van der Waals surface area contributed by atoms with E-state index in [1.165, 1.54) is 21.2 Å². The highest BCUT2D eigenvalue weighted by Gasteiger charge is 2.45. The summed E-state index contributed by atoms with van der Waals surface area (Å²) in [4.78, 5) is 18.2. The zero-order valence-electron chi connectivity index (χ0n) is 22.1. The first-order chi connectivity index (χ1) is 18.7. The molecule has 5 rings (SSSR count). The summed E-state index contributed by atoms with van der Waals surface area (Å²) < 4.78 is 61.8. The molecule has 0 radical (unpaired) electrons. The number of nitrogens with two attached hydrogens (primary N) is 1. The van der Waals surface area contributed by atoms with Crippen molar-refractivity contribution in [3.8, 4) is 11.1 Å². The van der Waals surface area contributed by atoms with Crippen molar-refractivity contribution in [3.63, 3.8) is 0 Å². The molecule has 0 bridgehead atoms. The molecular weight excluding hydrogens is 579 g/mol. The number of primary sulfonamides is 1. The fourth-order valence-corrected chi connectivity index (χ4v) is 7.38. The molecule has 2 aliphatic rings. The van der Waals surface area contributed by atoms with E-state index in [1.807, 2.05) is 48.5 Å². The quantitative estimate of drug-likeness (QED) is 0.426. The molecule has 0 aliphatic carbocycles. The van der Waals surface area contributed by atoms with Crippen molar-refractivity contribution in [2.75, 3.05) is 29.6 Å². The number of likely N-dealkylation sites (tertiary alicyclic amines) is 1. The number of hydrogen-bond acceptors (Lipinski definition) is 11. The maximum Gasteiger partial charge on any atom is 0.410 e. The van der Waals surface area contributed by atoms with Crippen molar-refractivity contribution < 1.29 is 31.1 Å². The number of ether oxygens (including phenoxy) is 2. The van der Waals surface area contributed by atoms with Gasteiger partial charge in [-0.3, -0.25) is 0 Å². The van der Waals surface area contributed by atoms with Crippen molar-refractivity contribution in [2.24, 2.45) is 10.2 Å². The van der Waals surface area contributed by atoms with E-state index >= 15 is 0 Å². The molecule has 1 unspecified atom stereocenters. The third kappa shape index (κ3) is 6.37.